The molecule has 2 heterocycles. The summed E-state index contributed by atoms with van der Waals surface area (Å²) in [5, 5.41) is 9.95. The zero-order valence-corrected chi connectivity index (χ0v) is 23.3. The van der Waals surface area contributed by atoms with Crippen LogP contribution in [0.5, 0.6) is 0 Å². The number of aliphatic carboxylic acids is 1. The summed E-state index contributed by atoms with van der Waals surface area (Å²) in [6, 6.07) is 12.4. The van der Waals surface area contributed by atoms with E-state index in [0.717, 1.165) is 0 Å². The first-order valence-electron chi connectivity index (χ1n) is 12.6. The van der Waals surface area contributed by atoms with Gasteiger partial charge in [0.1, 0.15) is 12.2 Å². The molecule has 2 aliphatic heterocycles. The van der Waals surface area contributed by atoms with Crippen molar-refractivity contribution in [2.75, 3.05) is 19.0 Å². The Morgan fingerprint density at radius 1 is 1.08 bits per heavy atom. The second-order valence-corrected chi connectivity index (χ2v) is 12.8. The molecule has 1 N–H and O–H groups in total. The van der Waals surface area contributed by atoms with E-state index in [9.17, 15) is 23.1 Å². The first-order chi connectivity index (χ1) is 18.1. The predicted octanol–water partition coefficient (Wildman–Crippen LogP) is 4.85. The van der Waals surface area contributed by atoms with Gasteiger partial charge in [0.2, 0.25) is 0 Å². The molecule has 0 aromatic heterocycles. The molecule has 2 aromatic rings. The van der Waals surface area contributed by atoms with Gasteiger partial charge in [-0.25, -0.2) is 8.42 Å². The number of halogens is 2. The van der Waals surface area contributed by atoms with E-state index in [4.69, 9.17) is 32.7 Å². The number of rotatable bonds is 9. The molecule has 0 saturated carbocycles. The molecule has 2 aliphatic rings. The largest absolute Gasteiger partial charge is 0.481 e. The summed E-state index contributed by atoms with van der Waals surface area (Å²) < 4.78 is 38.5. The topological polar surface area (TPSA) is 110 Å². The van der Waals surface area contributed by atoms with Gasteiger partial charge in [0.05, 0.1) is 23.5 Å². The van der Waals surface area contributed by atoms with Crippen LogP contribution in [-0.4, -0.2) is 66.7 Å². The van der Waals surface area contributed by atoms with Gasteiger partial charge in [-0.15, -0.1) is 0 Å². The summed E-state index contributed by atoms with van der Waals surface area (Å²) in [6.45, 7) is 2.58. The lowest BCUT2D eigenvalue weighted by Crippen LogP contribution is -2.57. The fraction of sp³-hybridized carbons (Fsp3) is 0.481. The minimum absolute atomic E-state index is 0.244. The van der Waals surface area contributed by atoms with Gasteiger partial charge >= 0.3 is 5.97 Å². The lowest BCUT2D eigenvalue weighted by Gasteiger charge is -2.48. The Kier molecular flexibility index (Phi) is 9.36. The van der Waals surface area contributed by atoms with Gasteiger partial charge in [-0.05, 0) is 54.7 Å². The van der Waals surface area contributed by atoms with Crippen molar-refractivity contribution in [3.05, 3.63) is 69.7 Å². The highest BCUT2D eigenvalue weighted by molar-refractivity contribution is 7.92. The van der Waals surface area contributed by atoms with Crippen LogP contribution in [0.25, 0.3) is 0 Å². The maximum absolute atomic E-state index is 13.9. The van der Waals surface area contributed by atoms with Gasteiger partial charge in [-0.3, -0.25) is 9.59 Å². The Morgan fingerprint density at radius 3 is 2.37 bits per heavy atom. The number of morpholine rings is 1. The molecule has 1 amide bonds. The van der Waals surface area contributed by atoms with Gasteiger partial charge in [-0.2, -0.15) is 0 Å². The van der Waals surface area contributed by atoms with Crippen molar-refractivity contribution in [2.24, 2.45) is 0 Å². The van der Waals surface area contributed by atoms with E-state index in [1.54, 1.807) is 48.5 Å². The number of carbonyl (C=O) groups is 2. The standard InChI is InChI=1S/C27H31Cl2NO7S/c1-2-21(16-38(34,35)22-10-12-36-13-11-22)30-25(17-6-8-19(28)9-7-17)26(18-4-3-5-20(29)14-18)37-23(27(30)33)15-24(31)32/h3-9,14,21-23,25-26H,2,10-13,15-16H2,1H3,(H,31,32)/t21-,23-,25+,26+/m0/s1. The zero-order chi connectivity index (χ0) is 27.4. The minimum atomic E-state index is -3.58. The molecule has 0 bridgehead atoms. The fourth-order valence-electron chi connectivity index (χ4n) is 5.23. The van der Waals surface area contributed by atoms with Gasteiger partial charge < -0.3 is 19.5 Å². The van der Waals surface area contributed by atoms with E-state index in [1.165, 1.54) is 4.90 Å². The zero-order valence-electron chi connectivity index (χ0n) is 21.0. The van der Waals surface area contributed by atoms with Crippen LogP contribution < -0.4 is 0 Å². The molecule has 4 atom stereocenters. The molecule has 2 fully saturated rings. The van der Waals surface area contributed by atoms with E-state index in [1.807, 2.05) is 6.92 Å². The molecule has 11 heteroatoms. The van der Waals surface area contributed by atoms with Crippen LogP contribution in [0.3, 0.4) is 0 Å². The Bertz CT molecular complexity index is 1250. The molecular formula is C27H31Cl2NO7S. The SMILES string of the molecule is CC[C@@H](CS(=O)(=O)C1CCOCC1)N1C(=O)[C@H](CC(=O)O)O[C@H](c2cccc(Cl)c2)[C@H]1c1ccc(Cl)cc1. The average molecular weight is 585 g/mol. The Labute approximate surface area is 232 Å². The molecular weight excluding hydrogens is 553 g/mol. The maximum Gasteiger partial charge on any atom is 0.306 e. The number of ether oxygens (including phenoxy) is 2. The van der Waals surface area contributed by atoms with Crippen LogP contribution in [0.4, 0.5) is 0 Å². The van der Waals surface area contributed by atoms with Crippen LogP contribution >= 0.6 is 23.2 Å². The lowest BCUT2D eigenvalue weighted by molar-refractivity contribution is -0.182. The van der Waals surface area contributed by atoms with Crippen LogP contribution in [0.1, 0.15) is 55.9 Å². The third kappa shape index (κ3) is 6.51. The number of amides is 1. The third-order valence-corrected chi connectivity index (χ3v) is 9.97. The molecule has 0 unspecified atom stereocenters. The number of carbonyl (C=O) groups excluding carboxylic acids is 1. The molecule has 0 spiro atoms. The molecule has 0 radical (unpaired) electrons. The number of benzene rings is 2. The Morgan fingerprint density at radius 2 is 1.76 bits per heavy atom. The highest BCUT2D eigenvalue weighted by Gasteiger charge is 2.48. The number of sulfone groups is 1. The van der Waals surface area contributed by atoms with Crippen molar-refractivity contribution in [1.82, 2.24) is 4.90 Å². The maximum atomic E-state index is 13.9. The van der Waals surface area contributed by atoms with E-state index < -0.39 is 57.7 Å². The number of nitrogens with zero attached hydrogens (tertiary/aromatic N) is 1. The molecule has 8 nitrogen and oxygen atoms in total. The second kappa shape index (κ2) is 12.3. The Balaban J connectivity index is 1.81. The van der Waals surface area contributed by atoms with Gasteiger partial charge in [0.15, 0.2) is 9.84 Å². The molecule has 206 valence electrons. The summed E-state index contributed by atoms with van der Waals surface area (Å²) in [4.78, 5) is 27.1. The lowest BCUT2D eigenvalue weighted by atomic mass is 9.89. The quantitative estimate of drug-likeness (QED) is 0.449. The van der Waals surface area contributed by atoms with Crippen molar-refractivity contribution in [3.8, 4) is 0 Å². The van der Waals surface area contributed by atoms with Crippen LogP contribution in [0.2, 0.25) is 10.0 Å². The molecule has 2 aromatic carbocycles. The highest BCUT2D eigenvalue weighted by atomic mass is 35.5. The van der Waals surface area contributed by atoms with Crippen molar-refractivity contribution in [2.45, 2.75) is 62.1 Å². The van der Waals surface area contributed by atoms with Gasteiger partial charge in [0.25, 0.3) is 5.91 Å². The van der Waals surface area contributed by atoms with Crippen LogP contribution in [0, 0.1) is 0 Å². The minimum Gasteiger partial charge on any atom is -0.481 e. The summed E-state index contributed by atoms with van der Waals surface area (Å²) in [7, 11) is -3.58. The molecule has 0 aliphatic carbocycles. The summed E-state index contributed by atoms with van der Waals surface area (Å²) >= 11 is 12.4. The molecule has 38 heavy (non-hydrogen) atoms. The Hall–Kier alpha value is -2.17. The fourth-order valence-corrected chi connectivity index (χ4v) is 7.67. The van der Waals surface area contributed by atoms with Crippen molar-refractivity contribution in [3.63, 3.8) is 0 Å². The van der Waals surface area contributed by atoms with Crippen molar-refractivity contribution >= 4 is 44.9 Å². The monoisotopic (exact) mass is 583 g/mol. The first kappa shape index (κ1) is 28.8. The van der Waals surface area contributed by atoms with Crippen molar-refractivity contribution < 1.29 is 32.6 Å². The first-order valence-corrected chi connectivity index (χ1v) is 15.1. The summed E-state index contributed by atoms with van der Waals surface area (Å²) in [6.07, 6.45) is -1.48. The number of hydrogen-bond donors (Lipinski definition) is 1. The summed E-state index contributed by atoms with van der Waals surface area (Å²) in [5.74, 6) is -1.99. The van der Waals surface area contributed by atoms with Crippen LogP contribution in [0.15, 0.2) is 48.5 Å². The van der Waals surface area contributed by atoms with E-state index in [0.29, 0.717) is 53.6 Å². The second-order valence-electron chi connectivity index (χ2n) is 9.64. The summed E-state index contributed by atoms with van der Waals surface area (Å²) in [5.41, 5.74) is 1.33. The third-order valence-electron chi connectivity index (χ3n) is 7.14. The van der Waals surface area contributed by atoms with E-state index in [-0.39, 0.29) is 5.75 Å². The average Bonchev–Trinajstić information content (AvgIpc) is 2.89. The number of carboxylic acid groups (broad SMARTS) is 1. The van der Waals surface area contributed by atoms with Crippen molar-refractivity contribution in [1.29, 1.82) is 0 Å². The normalized spacial score (nSPS) is 23.8. The highest BCUT2D eigenvalue weighted by Crippen LogP contribution is 2.45. The number of carboxylic acids is 1. The van der Waals surface area contributed by atoms with Gasteiger partial charge in [-0.1, -0.05) is 54.4 Å². The van der Waals surface area contributed by atoms with E-state index >= 15 is 0 Å². The predicted molar refractivity (Wildman–Crippen MR) is 144 cm³/mol. The number of hydrogen-bond acceptors (Lipinski definition) is 6. The molecule has 4 rings (SSSR count). The van der Waals surface area contributed by atoms with Gasteiger partial charge in [0, 0.05) is 29.3 Å². The van der Waals surface area contributed by atoms with E-state index in [2.05, 4.69) is 0 Å². The molecule has 2 saturated heterocycles. The smallest absolute Gasteiger partial charge is 0.306 e. The van der Waals surface area contributed by atoms with Crippen LogP contribution in [-0.2, 0) is 28.9 Å².